The molecule has 0 atom stereocenters. The largest absolute Gasteiger partial charge is 0.492 e. The highest BCUT2D eigenvalue weighted by atomic mass is 16.5. The van der Waals surface area contributed by atoms with Gasteiger partial charge in [-0.2, -0.15) is 10.2 Å². The van der Waals surface area contributed by atoms with Gasteiger partial charge in [0, 0.05) is 30.4 Å². The maximum atomic E-state index is 12.9. The van der Waals surface area contributed by atoms with Crippen LogP contribution in [-0.4, -0.2) is 54.6 Å². The van der Waals surface area contributed by atoms with Crippen LogP contribution >= 0.6 is 0 Å². The summed E-state index contributed by atoms with van der Waals surface area (Å²) in [6, 6.07) is 8.96. The molecule has 0 radical (unpaired) electrons. The quantitative estimate of drug-likeness (QED) is 0.669. The van der Waals surface area contributed by atoms with Crippen LogP contribution in [0.15, 0.2) is 30.5 Å². The Morgan fingerprint density at radius 3 is 2.47 bits per heavy atom. The second-order valence-electron chi connectivity index (χ2n) is 8.58. The number of hydrazine groups is 1. The first-order valence-corrected chi connectivity index (χ1v) is 9.79. The van der Waals surface area contributed by atoms with E-state index in [2.05, 4.69) is 36.2 Å². The standard InChI is InChI=1S/C22H30N6O2/c1-16-14-24-19(13-23)25-20(16)28(15-22(2,3)4)26-21(29)17-7-9-18(10-8-17)30-12-11-27(5)6/h7-10,14H,11-12,15H2,1-6H3,(H,26,29). The number of carbonyl (C=O) groups excluding carboxylic acids is 1. The van der Waals surface area contributed by atoms with E-state index in [-0.39, 0.29) is 17.1 Å². The van der Waals surface area contributed by atoms with Gasteiger partial charge < -0.3 is 9.64 Å². The van der Waals surface area contributed by atoms with Crippen LogP contribution in [0.1, 0.15) is 42.5 Å². The van der Waals surface area contributed by atoms with E-state index in [1.165, 1.54) is 0 Å². The average Bonchev–Trinajstić information content (AvgIpc) is 2.67. The van der Waals surface area contributed by atoms with Gasteiger partial charge in [-0.3, -0.25) is 15.2 Å². The zero-order chi connectivity index (χ0) is 22.3. The van der Waals surface area contributed by atoms with Crippen LogP contribution in [0.4, 0.5) is 5.82 Å². The lowest BCUT2D eigenvalue weighted by Crippen LogP contribution is -2.47. The highest BCUT2D eigenvalue weighted by Crippen LogP contribution is 2.22. The lowest BCUT2D eigenvalue weighted by atomic mass is 9.96. The number of aryl methyl sites for hydroxylation is 1. The number of hydrogen-bond acceptors (Lipinski definition) is 7. The summed E-state index contributed by atoms with van der Waals surface area (Å²) in [5.41, 5.74) is 4.07. The van der Waals surface area contributed by atoms with Crippen LogP contribution in [-0.2, 0) is 0 Å². The van der Waals surface area contributed by atoms with Crippen molar-refractivity contribution in [1.29, 1.82) is 5.26 Å². The van der Waals surface area contributed by atoms with Gasteiger partial charge in [-0.25, -0.2) is 4.98 Å². The number of amides is 1. The van der Waals surface area contributed by atoms with E-state index >= 15 is 0 Å². The Morgan fingerprint density at radius 1 is 1.23 bits per heavy atom. The molecule has 160 valence electrons. The number of carbonyl (C=O) groups is 1. The molecule has 0 fully saturated rings. The van der Waals surface area contributed by atoms with E-state index < -0.39 is 0 Å². The lowest BCUT2D eigenvalue weighted by molar-refractivity contribution is 0.0945. The Labute approximate surface area is 178 Å². The third kappa shape index (κ3) is 7.01. The number of likely N-dealkylation sites (N-methyl/N-ethyl adjacent to an activating group) is 1. The second-order valence-corrected chi connectivity index (χ2v) is 8.58. The molecule has 30 heavy (non-hydrogen) atoms. The molecule has 0 bridgehead atoms. The van der Waals surface area contributed by atoms with E-state index in [0.29, 0.717) is 30.3 Å². The fraction of sp³-hybridized carbons (Fsp3) is 0.455. The Bertz CT molecular complexity index is 897. The van der Waals surface area contributed by atoms with Gasteiger partial charge in [-0.05, 0) is 50.7 Å². The predicted molar refractivity (Wildman–Crippen MR) is 116 cm³/mol. The topological polar surface area (TPSA) is 94.4 Å². The van der Waals surface area contributed by atoms with Crippen molar-refractivity contribution in [1.82, 2.24) is 20.3 Å². The lowest BCUT2D eigenvalue weighted by Gasteiger charge is -2.31. The Morgan fingerprint density at radius 2 is 1.90 bits per heavy atom. The highest BCUT2D eigenvalue weighted by molar-refractivity contribution is 5.95. The SMILES string of the molecule is Cc1cnc(C#N)nc1N(CC(C)(C)C)NC(=O)c1ccc(OCCN(C)C)cc1. The smallest absolute Gasteiger partial charge is 0.269 e. The number of nitrogens with zero attached hydrogens (tertiary/aromatic N) is 5. The van der Waals surface area contributed by atoms with Crippen molar-refractivity contribution in [3.05, 3.63) is 47.4 Å². The minimum Gasteiger partial charge on any atom is -0.492 e. The monoisotopic (exact) mass is 410 g/mol. The predicted octanol–water partition coefficient (Wildman–Crippen LogP) is 2.79. The third-order valence-electron chi connectivity index (χ3n) is 4.09. The Balaban J connectivity index is 2.18. The molecule has 8 heteroatoms. The van der Waals surface area contributed by atoms with Crippen molar-refractivity contribution in [3.63, 3.8) is 0 Å². The van der Waals surface area contributed by atoms with Gasteiger partial charge in [0.2, 0.25) is 5.82 Å². The zero-order valence-electron chi connectivity index (χ0n) is 18.6. The van der Waals surface area contributed by atoms with Gasteiger partial charge in [0.05, 0.1) is 0 Å². The molecular weight excluding hydrogens is 380 g/mol. The summed E-state index contributed by atoms with van der Waals surface area (Å²) in [4.78, 5) is 23.2. The normalized spacial score (nSPS) is 11.1. The van der Waals surface area contributed by atoms with Crippen LogP contribution in [0, 0.1) is 23.7 Å². The molecule has 0 aliphatic carbocycles. The van der Waals surface area contributed by atoms with Crippen LogP contribution in [0.3, 0.4) is 0 Å². The van der Waals surface area contributed by atoms with Crippen LogP contribution in [0.2, 0.25) is 0 Å². The van der Waals surface area contributed by atoms with Crippen molar-refractivity contribution >= 4 is 11.7 Å². The van der Waals surface area contributed by atoms with E-state index in [9.17, 15) is 4.79 Å². The molecule has 0 spiro atoms. The van der Waals surface area contributed by atoms with E-state index in [4.69, 9.17) is 10.00 Å². The fourth-order valence-electron chi connectivity index (χ4n) is 2.64. The summed E-state index contributed by atoms with van der Waals surface area (Å²) >= 11 is 0. The maximum absolute atomic E-state index is 12.9. The Kier molecular flexibility index (Phi) is 7.72. The van der Waals surface area contributed by atoms with E-state index in [1.807, 2.05) is 32.0 Å². The number of nitriles is 1. The molecule has 1 N–H and O–H groups in total. The summed E-state index contributed by atoms with van der Waals surface area (Å²) in [7, 11) is 3.97. The second kappa shape index (κ2) is 10.0. The van der Waals surface area contributed by atoms with Crippen molar-refractivity contribution in [2.45, 2.75) is 27.7 Å². The molecule has 1 heterocycles. The molecular formula is C22H30N6O2. The van der Waals surface area contributed by atoms with Crippen molar-refractivity contribution in [2.24, 2.45) is 5.41 Å². The molecule has 0 saturated heterocycles. The number of hydrogen-bond donors (Lipinski definition) is 1. The molecule has 1 aromatic carbocycles. The summed E-state index contributed by atoms with van der Waals surface area (Å²) in [6.45, 7) is 9.93. The van der Waals surface area contributed by atoms with E-state index in [1.54, 1.807) is 35.5 Å². The third-order valence-corrected chi connectivity index (χ3v) is 4.09. The number of nitrogens with one attached hydrogen (secondary N) is 1. The van der Waals surface area contributed by atoms with Crippen molar-refractivity contribution in [3.8, 4) is 11.8 Å². The minimum atomic E-state index is -0.268. The molecule has 0 aliphatic heterocycles. The van der Waals surface area contributed by atoms with E-state index in [0.717, 1.165) is 12.1 Å². The molecule has 8 nitrogen and oxygen atoms in total. The molecule has 0 aliphatic rings. The Hall–Kier alpha value is -3.18. The van der Waals surface area contributed by atoms with Crippen molar-refractivity contribution in [2.75, 3.05) is 38.8 Å². The number of anilines is 1. The number of rotatable bonds is 8. The first-order valence-electron chi connectivity index (χ1n) is 9.79. The number of ether oxygens (including phenoxy) is 1. The maximum Gasteiger partial charge on any atom is 0.269 e. The van der Waals surface area contributed by atoms with Gasteiger partial charge in [0.15, 0.2) is 5.82 Å². The van der Waals surface area contributed by atoms with Crippen LogP contribution in [0.25, 0.3) is 0 Å². The molecule has 2 aromatic rings. The molecule has 1 amide bonds. The zero-order valence-corrected chi connectivity index (χ0v) is 18.6. The van der Waals surface area contributed by atoms with Gasteiger partial charge in [-0.15, -0.1) is 0 Å². The molecule has 1 aromatic heterocycles. The first-order chi connectivity index (χ1) is 14.1. The summed E-state index contributed by atoms with van der Waals surface area (Å²) in [6.07, 6.45) is 1.59. The fourth-order valence-corrected chi connectivity index (χ4v) is 2.64. The number of benzene rings is 1. The minimum absolute atomic E-state index is 0.0583. The molecule has 2 rings (SSSR count). The highest BCUT2D eigenvalue weighted by Gasteiger charge is 2.22. The summed E-state index contributed by atoms with van der Waals surface area (Å²) < 4.78 is 5.68. The van der Waals surface area contributed by atoms with Gasteiger partial charge in [-0.1, -0.05) is 20.8 Å². The van der Waals surface area contributed by atoms with Gasteiger partial charge >= 0.3 is 0 Å². The van der Waals surface area contributed by atoms with Crippen LogP contribution in [0.5, 0.6) is 5.75 Å². The van der Waals surface area contributed by atoms with Crippen molar-refractivity contribution < 1.29 is 9.53 Å². The average molecular weight is 411 g/mol. The summed E-state index contributed by atoms with van der Waals surface area (Å²) in [5.74, 6) is 1.01. The van der Waals surface area contributed by atoms with Gasteiger partial charge in [0.1, 0.15) is 18.4 Å². The first kappa shape index (κ1) is 23.1. The van der Waals surface area contributed by atoms with Gasteiger partial charge in [0.25, 0.3) is 5.91 Å². The van der Waals surface area contributed by atoms with Crippen LogP contribution < -0.4 is 15.2 Å². The summed E-state index contributed by atoms with van der Waals surface area (Å²) in [5, 5.41) is 10.8. The molecule has 0 saturated carbocycles. The number of aromatic nitrogens is 2. The molecule has 0 unspecified atom stereocenters.